The summed E-state index contributed by atoms with van der Waals surface area (Å²) in [5, 5.41) is 3.51. The second kappa shape index (κ2) is 6.96. The monoisotopic (exact) mass is 271 g/mol. The third-order valence-electron chi connectivity index (χ3n) is 3.39. The van der Waals surface area contributed by atoms with Gasteiger partial charge in [0.1, 0.15) is 11.5 Å². The molecular formula is C17H21NO2. The molecule has 0 radical (unpaired) electrons. The van der Waals surface area contributed by atoms with Gasteiger partial charge in [0.15, 0.2) is 0 Å². The Bertz CT molecular complexity index is 554. The summed E-state index contributed by atoms with van der Waals surface area (Å²) in [5.74, 6) is 1.80. The van der Waals surface area contributed by atoms with Gasteiger partial charge < -0.3 is 14.8 Å². The molecule has 0 aliphatic heterocycles. The molecule has 0 unspecified atom stereocenters. The molecule has 3 nitrogen and oxygen atoms in total. The molecule has 0 aliphatic rings. The number of ether oxygens (including phenoxy) is 2. The summed E-state index contributed by atoms with van der Waals surface area (Å²) in [7, 11) is 3.39. The van der Waals surface area contributed by atoms with Crippen LogP contribution < -0.4 is 14.8 Å². The van der Waals surface area contributed by atoms with E-state index >= 15 is 0 Å². The first-order valence-corrected chi connectivity index (χ1v) is 6.74. The van der Waals surface area contributed by atoms with Gasteiger partial charge in [-0.3, -0.25) is 0 Å². The Labute approximate surface area is 120 Å². The molecule has 0 fully saturated rings. The maximum absolute atomic E-state index is 5.36. The molecule has 0 spiro atoms. The predicted molar refractivity (Wildman–Crippen MR) is 81.2 cm³/mol. The van der Waals surface area contributed by atoms with E-state index in [9.17, 15) is 0 Å². The standard InChI is InChI=1S/C17H21NO2/c1-13(14-8-6-9-16(11-14)19-2)18-12-15-7-4-5-10-17(15)20-3/h4-11,13,18H,12H2,1-3H3/t13-/m0/s1. The Morgan fingerprint density at radius 2 is 1.80 bits per heavy atom. The van der Waals surface area contributed by atoms with E-state index in [1.807, 2.05) is 30.3 Å². The van der Waals surface area contributed by atoms with Crippen LogP contribution in [0, 0.1) is 0 Å². The normalized spacial score (nSPS) is 11.9. The van der Waals surface area contributed by atoms with Crippen molar-refractivity contribution in [3.63, 3.8) is 0 Å². The third kappa shape index (κ3) is 3.52. The third-order valence-corrected chi connectivity index (χ3v) is 3.39. The second-order valence-electron chi connectivity index (χ2n) is 4.69. The van der Waals surface area contributed by atoms with Gasteiger partial charge in [-0.05, 0) is 30.7 Å². The molecule has 0 saturated carbocycles. The molecule has 2 aromatic rings. The zero-order valence-electron chi connectivity index (χ0n) is 12.2. The highest BCUT2D eigenvalue weighted by atomic mass is 16.5. The van der Waals surface area contributed by atoms with Crippen LogP contribution in [-0.2, 0) is 6.54 Å². The number of rotatable bonds is 6. The summed E-state index contributed by atoms with van der Waals surface area (Å²) in [6.45, 7) is 2.91. The Hall–Kier alpha value is -2.00. The van der Waals surface area contributed by atoms with Crippen molar-refractivity contribution in [2.24, 2.45) is 0 Å². The van der Waals surface area contributed by atoms with E-state index < -0.39 is 0 Å². The topological polar surface area (TPSA) is 30.5 Å². The van der Waals surface area contributed by atoms with Crippen molar-refractivity contribution in [2.75, 3.05) is 14.2 Å². The summed E-state index contributed by atoms with van der Waals surface area (Å²) in [5.41, 5.74) is 2.36. The molecule has 0 aromatic heterocycles. The van der Waals surface area contributed by atoms with Crippen LogP contribution in [0.15, 0.2) is 48.5 Å². The lowest BCUT2D eigenvalue weighted by Crippen LogP contribution is -2.18. The summed E-state index contributed by atoms with van der Waals surface area (Å²) in [6, 6.07) is 16.4. The van der Waals surface area contributed by atoms with Gasteiger partial charge in [0.25, 0.3) is 0 Å². The van der Waals surface area contributed by atoms with Crippen molar-refractivity contribution in [1.82, 2.24) is 5.32 Å². The van der Waals surface area contributed by atoms with Gasteiger partial charge in [-0.15, -0.1) is 0 Å². The molecule has 0 heterocycles. The Morgan fingerprint density at radius 1 is 1.00 bits per heavy atom. The maximum Gasteiger partial charge on any atom is 0.123 e. The Morgan fingerprint density at radius 3 is 2.55 bits per heavy atom. The first-order valence-electron chi connectivity index (χ1n) is 6.74. The summed E-state index contributed by atoms with van der Waals surface area (Å²) in [4.78, 5) is 0. The SMILES string of the molecule is COc1cccc([C@H](C)NCc2ccccc2OC)c1. The number of hydrogen-bond donors (Lipinski definition) is 1. The van der Waals surface area contributed by atoms with E-state index in [1.54, 1.807) is 14.2 Å². The highest BCUT2D eigenvalue weighted by molar-refractivity contribution is 5.34. The number of hydrogen-bond acceptors (Lipinski definition) is 3. The first kappa shape index (κ1) is 14.4. The molecule has 0 bridgehead atoms. The van der Waals surface area contributed by atoms with Crippen molar-refractivity contribution in [3.05, 3.63) is 59.7 Å². The fraction of sp³-hybridized carbons (Fsp3) is 0.294. The van der Waals surface area contributed by atoms with Crippen molar-refractivity contribution < 1.29 is 9.47 Å². The zero-order valence-corrected chi connectivity index (χ0v) is 12.2. The molecule has 3 heteroatoms. The quantitative estimate of drug-likeness (QED) is 0.871. The van der Waals surface area contributed by atoms with Gasteiger partial charge in [0, 0.05) is 18.2 Å². The van der Waals surface area contributed by atoms with Gasteiger partial charge in [-0.25, -0.2) is 0 Å². The minimum atomic E-state index is 0.245. The highest BCUT2D eigenvalue weighted by Gasteiger charge is 2.07. The predicted octanol–water partition coefficient (Wildman–Crippen LogP) is 3.55. The molecule has 1 atom stereocenters. The molecule has 20 heavy (non-hydrogen) atoms. The van der Waals surface area contributed by atoms with Crippen LogP contribution in [0.3, 0.4) is 0 Å². The molecule has 1 N–H and O–H groups in total. The summed E-state index contributed by atoms with van der Waals surface area (Å²) in [6.07, 6.45) is 0. The van der Waals surface area contributed by atoms with Crippen molar-refractivity contribution in [1.29, 1.82) is 0 Å². The molecule has 106 valence electrons. The molecular weight excluding hydrogens is 250 g/mol. The Balaban J connectivity index is 2.02. The average Bonchev–Trinajstić information content (AvgIpc) is 2.52. The van der Waals surface area contributed by atoms with Gasteiger partial charge in [-0.2, -0.15) is 0 Å². The van der Waals surface area contributed by atoms with Crippen molar-refractivity contribution in [2.45, 2.75) is 19.5 Å². The minimum absolute atomic E-state index is 0.245. The van der Waals surface area contributed by atoms with Gasteiger partial charge in [0.05, 0.1) is 14.2 Å². The first-order chi connectivity index (χ1) is 9.74. The average molecular weight is 271 g/mol. The minimum Gasteiger partial charge on any atom is -0.497 e. The molecule has 2 rings (SSSR count). The number of benzene rings is 2. The van der Waals surface area contributed by atoms with Crippen LogP contribution >= 0.6 is 0 Å². The maximum atomic E-state index is 5.36. The van der Waals surface area contributed by atoms with Crippen LogP contribution in [0.25, 0.3) is 0 Å². The Kier molecular flexibility index (Phi) is 5.02. The zero-order chi connectivity index (χ0) is 14.4. The van der Waals surface area contributed by atoms with Crippen LogP contribution in [0.5, 0.6) is 11.5 Å². The molecule has 0 saturated heterocycles. The number of methoxy groups -OCH3 is 2. The van der Waals surface area contributed by atoms with Crippen molar-refractivity contribution in [3.8, 4) is 11.5 Å². The van der Waals surface area contributed by atoms with Gasteiger partial charge in [-0.1, -0.05) is 30.3 Å². The van der Waals surface area contributed by atoms with Crippen LogP contribution in [0.2, 0.25) is 0 Å². The van der Waals surface area contributed by atoms with Crippen LogP contribution in [-0.4, -0.2) is 14.2 Å². The fourth-order valence-corrected chi connectivity index (χ4v) is 2.14. The molecule has 2 aromatic carbocycles. The lowest BCUT2D eigenvalue weighted by molar-refractivity contribution is 0.405. The molecule has 0 amide bonds. The van der Waals surface area contributed by atoms with Crippen molar-refractivity contribution >= 4 is 0 Å². The number of para-hydroxylation sites is 1. The number of nitrogens with one attached hydrogen (secondary N) is 1. The van der Waals surface area contributed by atoms with Gasteiger partial charge in [0.2, 0.25) is 0 Å². The smallest absolute Gasteiger partial charge is 0.123 e. The summed E-state index contributed by atoms with van der Waals surface area (Å²) >= 11 is 0. The van der Waals surface area contributed by atoms with E-state index in [2.05, 4.69) is 30.4 Å². The van der Waals surface area contributed by atoms with E-state index in [0.29, 0.717) is 0 Å². The van der Waals surface area contributed by atoms with E-state index in [0.717, 1.165) is 23.6 Å². The van der Waals surface area contributed by atoms with Gasteiger partial charge >= 0.3 is 0 Å². The van der Waals surface area contributed by atoms with Crippen LogP contribution in [0.1, 0.15) is 24.1 Å². The summed E-state index contributed by atoms with van der Waals surface area (Å²) < 4.78 is 10.6. The molecule has 0 aliphatic carbocycles. The lowest BCUT2D eigenvalue weighted by atomic mass is 10.1. The van der Waals surface area contributed by atoms with E-state index in [4.69, 9.17) is 9.47 Å². The largest absolute Gasteiger partial charge is 0.497 e. The second-order valence-corrected chi connectivity index (χ2v) is 4.69. The lowest BCUT2D eigenvalue weighted by Gasteiger charge is -2.16. The van der Waals surface area contributed by atoms with E-state index in [1.165, 1.54) is 5.56 Å². The fourth-order valence-electron chi connectivity index (χ4n) is 2.14. The van der Waals surface area contributed by atoms with Crippen LogP contribution in [0.4, 0.5) is 0 Å². The van der Waals surface area contributed by atoms with E-state index in [-0.39, 0.29) is 6.04 Å². The highest BCUT2D eigenvalue weighted by Crippen LogP contribution is 2.21.